The predicted molar refractivity (Wildman–Crippen MR) is 80.7 cm³/mol. The molecule has 0 radical (unpaired) electrons. The summed E-state index contributed by atoms with van der Waals surface area (Å²) in [6, 6.07) is 2.12. The molecule has 2 rings (SSSR count). The second-order valence-corrected chi connectivity index (χ2v) is 5.73. The second kappa shape index (κ2) is 7.06. The van der Waals surface area contributed by atoms with Crippen molar-refractivity contribution in [2.45, 2.75) is 25.1 Å². The van der Waals surface area contributed by atoms with Crippen molar-refractivity contribution < 1.29 is 14.6 Å². The van der Waals surface area contributed by atoms with Crippen LogP contribution in [0.4, 0.5) is 0 Å². The van der Waals surface area contributed by atoms with Gasteiger partial charge in [0.25, 0.3) is 0 Å². The van der Waals surface area contributed by atoms with Crippen LogP contribution in [0.5, 0.6) is 11.5 Å². The SMILES string of the molecule is COc1ccnc(CN2CC(O)CC2CN(C)C)c1OC. The van der Waals surface area contributed by atoms with Crippen LogP contribution < -0.4 is 9.47 Å². The predicted octanol–water partition coefficient (Wildman–Crippen LogP) is 0.596. The van der Waals surface area contributed by atoms with Crippen molar-refractivity contribution in [3.8, 4) is 11.5 Å². The lowest BCUT2D eigenvalue weighted by atomic mass is 10.2. The van der Waals surface area contributed by atoms with Gasteiger partial charge in [-0.25, -0.2) is 0 Å². The molecule has 6 heteroatoms. The number of likely N-dealkylation sites (N-methyl/N-ethyl adjacent to an activating group) is 1. The Bertz CT molecular complexity index is 467. The lowest BCUT2D eigenvalue weighted by Gasteiger charge is -2.27. The highest BCUT2D eigenvalue weighted by molar-refractivity contribution is 5.42. The summed E-state index contributed by atoms with van der Waals surface area (Å²) < 4.78 is 10.7. The Balaban J connectivity index is 2.16. The van der Waals surface area contributed by atoms with Crippen molar-refractivity contribution >= 4 is 0 Å². The summed E-state index contributed by atoms with van der Waals surface area (Å²) in [6.45, 7) is 2.24. The van der Waals surface area contributed by atoms with Crippen molar-refractivity contribution in [3.05, 3.63) is 18.0 Å². The summed E-state index contributed by atoms with van der Waals surface area (Å²) in [5, 5.41) is 9.95. The fourth-order valence-corrected chi connectivity index (χ4v) is 2.92. The maximum Gasteiger partial charge on any atom is 0.183 e. The zero-order chi connectivity index (χ0) is 15.4. The molecule has 0 spiro atoms. The normalized spacial score (nSPS) is 22.8. The van der Waals surface area contributed by atoms with Crippen LogP contribution in [0.1, 0.15) is 12.1 Å². The van der Waals surface area contributed by atoms with Crippen LogP contribution in [0.25, 0.3) is 0 Å². The van der Waals surface area contributed by atoms with E-state index >= 15 is 0 Å². The van der Waals surface area contributed by atoms with Crippen LogP contribution in [-0.2, 0) is 6.54 Å². The molecule has 1 fully saturated rings. The van der Waals surface area contributed by atoms with Crippen LogP contribution >= 0.6 is 0 Å². The molecule has 0 bridgehead atoms. The molecule has 0 aliphatic carbocycles. The molecule has 1 aromatic heterocycles. The number of rotatable bonds is 6. The monoisotopic (exact) mass is 295 g/mol. The molecule has 1 aliphatic heterocycles. The highest BCUT2D eigenvalue weighted by Gasteiger charge is 2.32. The quantitative estimate of drug-likeness (QED) is 0.829. The average molecular weight is 295 g/mol. The maximum atomic E-state index is 9.95. The summed E-state index contributed by atoms with van der Waals surface area (Å²) in [4.78, 5) is 8.82. The average Bonchev–Trinajstić information content (AvgIpc) is 2.77. The van der Waals surface area contributed by atoms with Gasteiger partial charge in [-0.1, -0.05) is 0 Å². The number of pyridine rings is 1. The second-order valence-electron chi connectivity index (χ2n) is 5.73. The van der Waals surface area contributed by atoms with Gasteiger partial charge in [0, 0.05) is 37.9 Å². The summed E-state index contributed by atoms with van der Waals surface area (Å²) in [5.74, 6) is 1.36. The van der Waals surface area contributed by atoms with Crippen LogP contribution in [0.2, 0.25) is 0 Å². The molecule has 1 N–H and O–H groups in total. The number of hydrogen-bond donors (Lipinski definition) is 1. The highest BCUT2D eigenvalue weighted by atomic mass is 16.5. The number of β-amino-alcohol motifs (C(OH)–C–C–N with tert-alkyl or cyclic N) is 1. The smallest absolute Gasteiger partial charge is 0.183 e. The topological polar surface area (TPSA) is 58.1 Å². The molecular weight excluding hydrogens is 270 g/mol. The van der Waals surface area contributed by atoms with Gasteiger partial charge in [-0.3, -0.25) is 9.88 Å². The molecule has 21 heavy (non-hydrogen) atoms. The van der Waals surface area contributed by atoms with E-state index in [2.05, 4.69) is 14.8 Å². The van der Waals surface area contributed by atoms with Crippen molar-refractivity contribution in [2.75, 3.05) is 41.4 Å². The van der Waals surface area contributed by atoms with E-state index in [9.17, 15) is 5.11 Å². The van der Waals surface area contributed by atoms with Crippen LogP contribution in [0.15, 0.2) is 12.3 Å². The van der Waals surface area contributed by atoms with Gasteiger partial charge in [0.15, 0.2) is 11.5 Å². The van der Waals surface area contributed by atoms with Gasteiger partial charge in [0.2, 0.25) is 0 Å². The Kier molecular flexibility index (Phi) is 5.39. The van der Waals surface area contributed by atoms with E-state index in [4.69, 9.17) is 9.47 Å². The highest BCUT2D eigenvalue weighted by Crippen LogP contribution is 2.31. The fraction of sp³-hybridized carbons (Fsp3) is 0.667. The van der Waals surface area contributed by atoms with Crippen LogP contribution in [-0.4, -0.2) is 73.4 Å². The number of ether oxygens (including phenoxy) is 2. The number of likely N-dealkylation sites (tertiary alicyclic amines) is 1. The van der Waals surface area contributed by atoms with Crippen molar-refractivity contribution in [1.82, 2.24) is 14.8 Å². The molecule has 2 heterocycles. The van der Waals surface area contributed by atoms with E-state index in [1.54, 1.807) is 26.5 Å². The molecule has 0 amide bonds. The molecule has 0 aromatic carbocycles. The lowest BCUT2D eigenvalue weighted by Crippen LogP contribution is -2.37. The molecule has 2 atom stereocenters. The number of aliphatic hydroxyl groups is 1. The van der Waals surface area contributed by atoms with Gasteiger partial charge in [-0.05, 0) is 20.5 Å². The number of aliphatic hydroxyl groups excluding tert-OH is 1. The number of aromatic nitrogens is 1. The third-order valence-electron chi connectivity index (χ3n) is 3.80. The zero-order valence-electron chi connectivity index (χ0n) is 13.2. The molecule has 118 valence electrons. The van der Waals surface area contributed by atoms with Gasteiger partial charge in [-0.15, -0.1) is 0 Å². The largest absolute Gasteiger partial charge is 0.493 e. The molecule has 1 aliphatic rings. The van der Waals surface area contributed by atoms with Crippen LogP contribution in [0, 0.1) is 0 Å². The molecule has 1 aromatic rings. The molecule has 1 saturated heterocycles. The Morgan fingerprint density at radius 2 is 2.14 bits per heavy atom. The van der Waals surface area contributed by atoms with Gasteiger partial charge >= 0.3 is 0 Å². The minimum atomic E-state index is -0.272. The Morgan fingerprint density at radius 1 is 1.38 bits per heavy atom. The molecule has 6 nitrogen and oxygen atoms in total. The van der Waals surface area contributed by atoms with Gasteiger partial charge in [0.05, 0.1) is 20.3 Å². The number of nitrogens with zero attached hydrogens (tertiary/aromatic N) is 3. The third kappa shape index (κ3) is 3.84. The van der Waals surface area contributed by atoms with E-state index in [0.717, 1.165) is 18.7 Å². The van der Waals surface area contributed by atoms with Gasteiger partial charge < -0.3 is 19.5 Å². The van der Waals surface area contributed by atoms with Gasteiger partial charge in [0.1, 0.15) is 5.69 Å². The molecule has 0 saturated carbocycles. The summed E-state index contributed by atoms with van der Waals surface area (Å²) >= 11 is 0. The number of hydrogen-bond acceptors (Lipinski definition) is 6. The van der Waals surface area contributed by atoms with E-state index in [1.807, 2.05) is 14.1 Å². The Labute approximate surface area is 126 Å². The number of methoxy groups -OCH3 is 2. The van der Waals surface area contributed by atoms with E-state index in [-0.39, 0.29) is 6.10 Å². The maximum absolute atomic E-state index is 9.95. The first-order valence-electron chi connectivity index (χ1n) is 7.17. The Hall–Kier alpha value is -1.37. The first-order valence-corrected chi connectivity index (χ1v) is 7.17. The van der Waals surface area contributed by atoms with E-state index < -0.39 is 0 Å². The van der Waals surface area contributed by atoms with E-state index in [1.165, 1.54) is 0 Å². The van der Waals surface area contributed by atoms with Crippen molar-refractivity contribution in [2.24, 2.45) is 0 Å². The van der Waals surface area contributed by atoms with Crippen molar-refractivity contribution in [3.63, 3.8) is 0 Å². The molecule has 2 unspecified atom stereocenters. The minimum absolute atomic E-state index is 0.272. The minimum Gasteiger partial charge on any atom is -0.493 e. The fourth-order valence-electron chi connectivity index (χ4n) is 2.92. The summed E-state index contributed by atoms with van der Waals surface area (Å²) in [5.41, 5.74) is 0.842. The summed E-state index contributed by atoms with van der Waals surface area (Å²) in [6.07, 6.45) is 2.25. The first kappa shape index (κ1) is 16.0. The van der Waals surface area contributed by atoms with Crippen molar-refractivity contribution in [1.29, 1.82) is 0 Å². The third-order valence-corrected chi connectivity index (χ3v) is 3.80. The molecular formula is C15H25N3O3. The van der Waals surface area contributed by atoms with E-state index in [0.29, 0.717) is 30.6 Å². The lowest BCUT2D eigenvalue weighted by molar-refractivity contribution is 0.167. The standard InChI is InChI=1S/C15H25N3O3/c1-17(2)8-11-7-12(19)9-18(11)10-13-15(21-4)14(20-3)5-6-16-13/h5-6,11-12,19H,7-10H2,1-4H3. The van der Waals surface area contributed by atoms with Gasteiger partial charge in [-0.2, -0.15) is 0 Å². The summed E-state index contributed by atoms with van der Waals surface area (Å²) in [7, 11) is 7.34. The van der Waals surface area contributed by atoms with Crippen LogP contribution in [0.3, 0.4) is 0 Å². The first-order chi connectivity index (χ1) is 10.0. The zero-order valence-corrected chi connectivity index (χ0v) is 13.2. The Morgan fingerprint density at radius 3 is 2.76 bits per heavy atom.